The molecule has 134 valence electrons. The summed E-state index contributed by atoms with van der Waals surface area (Å²) >= 11 is 5.85. The zero-order chi connectivity index (χ0) is 18.4. The van der Waals surface area contributed by atoms with Crippen LogP contribution in [0, 0.1) is 11.3 Å². The van der Waals surface area contributed by atoms with Gasteiger partial charge < -0.3 is 5.32 Å². The first kappa shape index (κ1) is 18.4. The second-order valence-corrected chi connectivity index (χ2v) is 6.85. The van der Waals surface area contributed by atoms with Gasteiger partial charge in [-0.25, -0.2) is 0 Å². The lowest BCUT2D eigenvalue weighted by atomic mass is 10.1. The van der Waals surface area contributed by atoms with Gasteiger partial charge in [0.05, 0.1) is 18.2 Å². The lowest BCUT2D eigenvalue weighted by Gasteiger charge is -2.34. The van der Waals surface area contributed by atoms with Crippen molar-refractivity contribution in [3.05, 3.63) is 64.7 Å². The van der Waals surface area contributed by atoms with Gasteiger partial charge in [-0.05, 0) is 42.0 Å². The number of nitriles is 1. The second kappa shape index (κ2) is 8.81. The smallest absolute Gasteiger partial charge is 0.238 e. The Bertz CT molecular complexity index is 775. The van der Waals surface area contributed by atoms with Crippen LogP contribution in [-0.4, -0.2) is 48.4 Å². The highest BCUT2D eigenvalue weighted by molar-refractivity contribution is 6.30. The fraction of sp³-hybridized carbons (Fsp3) is 0.300. The van der Waals surface area contributed by atoms with Crippen LogP contribution in [0.1, 0.15) is 11.1 Å². The van der Waals surface area contributed by atoms with Crippen molar-refractivity contribution in [2.24, 2.45) is 0 Å². The molecule has 1 aliphatic rings. The Hall–Kier alpha value is -2.39. The SMILES string of the molecule is N#Cc1ccc(CN2CCN(CC(=O)Nc3ccc(Cl)cc3)CC2)cc1. The molecule has 1 heterocycles. The molecule has 6 heteroatoms. The summed E-state index contributed by atoms with van der Waals surface area (Å²) in [5, 5.41) is 12.4. The van der Waals surface area contributed by atoms with E-state index in [1.54, 1.807) is 24.3 Å². The minimum Gasteiger partial charge on any atom is -0.325 e. The zero-order valence-corrected chi connectivity index (χ0v) is 15.2. The number of nitrogens with one attached hydrogen (secondary N) is 1. The maximum Gasteiger partial charge on any atom is 0.238 e. The van der Waals surface area contributed by atoms with E-state index in [9.17, 15) is 4.79 Å². The third kappa shape index (κ3) is 5.30. The normalized spacial score (nSPS) is 15.4. The van der Waals surface area contributed by atoms with Gasteiger partial charge in [-0.15, -0.1) is 0 Å². The second-order valence-electron chi connectivity index (χ2n) is 6.42. The molecular formula is C20H21ClN4O. The molecule has 1 amide bonds. The van der Waals surface area contributed by atoms with Crippen molar-refractivity contribution in [2.45, 2.75) is 6.54 Å². The van der Waals surface area contributed by atoms with Crippen molar-refractivity contribution in [1.82, 2.24) is 9.80 Å². The average molecular weight is 369 g/mol. The molecule has 0 aromatic heterocycles. The molecule has 1 saturated heterocycles. The summed E-state index contributed by atoms with van der Waals surface area (Å²) in [4.78, 5) is 16.7. The van der Waals surface area contributed by atoms with Gasteiger partial charge >= 0.3 is 0 Å². The van der Waals surface area contributed by atoms with E-state index < -0.39 is 0 Å². The number of nitrogens with zero attached hydrogens (tertiary/aromatic N) is 3. The Morgan fingerprint density at radius 2 is 1.62 bits per heavy atom. The van der Waals surface area contributed by atoms with Crippen molar-refractivity contribution in [3.63, 3.8) is 0 Å². The first-order chi connectivity index (χ1) is 12.6. The summed E-state index contributed by atoms with van der Waals surface area (Å²) in [6.45, 7) is 4.85. The number of amides is 1. The third-order valence-electron chi connectivity index (χ3n) is 4.45. The van der Waals surface area contributed by atoms with E-state index in [-0.39, 0.29) is 5.91 Å². The maximum absolute atomic E-state index is 12.2. The van der Waals surface area contributed by atoms with Gasteiger partial charge in [-0.1, -0.05) is 23.7 Å². The van der Waals surface area contributed by atoms with Gasteiger partial charge in [-0.2, -0.15) is 5.26 Å². The Labute approximate surface area is 158 Å². The van der Waals surface area contributed by atoms with Gasteiger partial charge in [0.25, 0.3) is 0 Å². The average Bonchev–Trinajstić information content (AvgIpc) is 2.66. The lowest BCUT2D eigenvalue weighted by Crippen LogP contribution is -2.48. The highest BCUT2D eigenvalue weighted by Gasteiger charge is 2.19. The summed E-state index contributed by atoms with van der Waals surface area (Å²) in [6.07, 6.45) is 0. The molecule has 1 aliphatic heterocycles. The van der Waals surface area contributed by atoms with Crippen LogP contribution in [0.5, 0.6) is 0 Å². The quantitative estimate of drug-likeness (QED) is 0.881. The first-order valence-electron chi connectivity index (χ1n) is 8.61. The molecule has 1 fully saturated rings. The molecule has 0 radical (unpaired) electrons. The Morgan fingerprint density at radius 3 is 2.23 bits per heavy atom. The number of carbonyl (C=O) groups excluding carboxylic acids is 1. The summed E-state index contributed by atoms with van der Waals surface area (Å²) in [5.74, 6) is -0.00661. The molecule has 1 N–H and O–H groups in total. The van der Waals surface area contributed by atoms with E-state index >= 15 is 0 Å². The van der Waals surface area contributed by atoms with Crippen LogP contribution in [-0.2, 0) is 11.3 Å². The molecule has 3 rings (SSSR count). The lowest BCUT2D eigenvalue weighted by molar-refractivity contribution is -0.117. The first-order valence-corrected chi connectivity index (χ1v) is 8.99. The minimum atomic E-state index is -0.00661. The van der Waals surface area contributed by atoms with Crippen molar-refractivity contribution in [2.75, 3.05) is 38.0 Å². The number of benzene rings is 2. The standard InChI is InChI=1S/C20H21ClN4O/c21-18-5-7-19(8-6-18)23-20(26)15-25-11-9-24(10-12-25)14-17-3-1-16(13-22)2-4-17/h1-8H,9-12,14-15H2,(H,23,26). The number of halogens is 1. The molecule has 0 aliphatic carbocycles. The van der Waals surface area contributed by atoms with Gasteiger partial charge in [0.15, 0.2) is 0 Å². The minimum absolute atomic E-state index is 0.00661. The van der Waals surface area contributed by atoms with E-state index in [2.05, 4.69) is 21.2 Å². The molecule has 5 nitrogen and oxygen atoms in total. The van der Waals surface area contributed by atoms with Crippen LogP contribution in [0.4, 0.5) is 5.69 Å². The van der Waals surface area contributed by atoms with Crippen LogP contribution in [0.15, 0.2) is 48.5 Å². The maximum atomic E-state index is 12.2. The largest absolute Gasteiger partial charge is 0.325 e. The predicted molar refractivity (Wildman–Crippen MR) is 103 cm³/mol. The van der Waals surface area contributed by atoms with Gasteiger partial charge in [0, 0.05) is 43.4 Å². The van der Waals surface area contributed by atoms with Gasteiger partial charge in [0.1, 0.15) is 0 Å². The van der Waals surface area contributed by atoms with Crippen LogP contribution >= 0.6 is 11.6 Å². The molecule has 26 heavy (non-hydrogen) atoms. The molecule has 2 aromatic carbocycles. The number of anilines is 1. The molecule has 0 bridgehead atoms. The van der Waals surface area contributed by atoms with Crippen molar-refractivity contribution in [1.29, 1.82) is 5.26 Å². The van der Waals surface area contributed by atoms with Crippen LogP contribution < -0.4 is 5.32 Å². The number of hydrogen-bond donors (Lipinski definition) is 1. The molecular weight excluding hydrogens is 348 g/mol. The Morgan fingerprint density at radius 1 is 1.00 bits per heavy atom. The van der Waals surface area contributed by atoms with Crippen LogP contribution in [0.2, 0.25) is 5.02 Å². The zero-order valence-electron chi connectivity index (χ0n) is 14.5. The number of hydrogen-bond acceptors (Lipinski definition) is 4. The molecule has 0 saturated carbocycles. The number of carbonyl (C=O) groups is 1. The number of rotatable bonds is 5. The molecule has 2 aromatic rings. The molecule has 0 atom stereocenters. The van der Waals surface area contributed by atoms with Crippen molar-refractivity contribution < 1.29 is 4.79 Å². The molecule has 0 spiro atoms. The third-order valence-corrected chi connectivity index (χ3v) is 4.70. The van der Waals surface area contributed by atoms with Crippen LogP contribution in [0.25, 0.3) is 0 Å². The van der Waals surface area contributed by atoms with Crippen LogP contribution in [0.3, 0.4) is 0 Å². The summed E-state index contributed by atoms with van der Waals surface area (Å²) in [5.41, 5.74) is 2.65. The summed E-state index contributed by atoms with van der Waals surface area (Å²) in [6, 6.07) is 17.0. The van der Waals surface area contributed by atoms with E-state index in [4.69, 9.17) is 16.9 Å². The predicted octanol–water partition coefficient (Wildman–Crippen LogP) is 2.97. The van der Waals surface area contributed by atoms with Gasteiger partial charge in [0.2, 0.25) is 5.91 Å². The monoisotopic (exact) mass is 368 g/mol. The van der Waals surface area contributed by atoms with E-state index in [0.29, 0.717) is 17.1 Å². The Kier molecular flexibility index (Phi) is 6.24. The fourth-order valence-electron chi connectivity index (χ4n) is 2.99. The summed E-state index contributed by atoms with van der Waals surface area (Å²) < 4.78 is 0. The highest BCUT2D eigenvalue weighted by Crippen LogP contribution is 2.14. The highest BCUT2D eigenvalue weighted by atomic mass is 35.5. The van der Waals surface area contributed by atoms with Crippen molar-refractivity contribution >= 4 is 23.2 Å². The van der Waals surface area contributed by atoms with E-state index in [0.717, 1.165) is 38.4 Å². The van der Waals surface area contributed by atoms with E-state index in [1.165, 1.54) is 5.56 Å². The topological polar surface area (TPSA) is 59.4 Å². The van der Waals surface area contributed by atoms with Gasteiger partial charge in [-0.3, -0.25) is 14.6 Å². The number of piperazine rings is 1. The fourth-order valence-corrected chi connectivity index (χ4v) is 3.11. The summed E-state index contributed by atoms with van der Waals surface area (Å²) in [7, 11) is 0. The molecule has 0 unspecified atom stereocenters. The van der Waals surface area contributed by atoms with E-state index in [1.807, 2.05) is 24.3 Å². The Balaban J connectivity index is 1.42. The van der Waals surface area contributed by atoms with Crippen molar-refractivity contribution in [3.8, 4) is 6.07 Å².